The smallest absolute Gasteiger partial charge is 0.416 e. The molecule has 0 aliphatic heterocycles. The van der Waals surface area contributed by atoms with E-state index in [1.165, 1.54) is 0 Å². The molecule has 1 aliphatic rings. The molecule has 3 aromatic rings. The molecule has 0 heterocycles. The minimum Gasteiger partial charge on any atom is -0.445 e. The molecule has 12 heteroatoms. The molecule has 1 aliphatic carbocycles. The van der Waals surface area contributed by atoms with Gasteiger partial charge in [0.2, 0.25) is 15.9 Å². The van der Waals surface area contributed by atoms with Gasteiger partial charge in [-0.2, -0.15) is 13.2 Å². The Balaban J connectivity index is 1.29. The number of carbonyl (C=O) groups excluding carboxylic acids is 2. The van der Waals surface area contributed by atoms with Crippen molar-refractivity contribution in [2.75, 3.05) is 6.54 Å². The Morgan fingerprint density at radius 1 is 0.857 bits per heavy atom. The molecule has 224 valence electrons. The van der Waals surface area contributed by atoms with Crippen molar-refractivity contribution in [1.29, 1.82) is 0 Å². The van der Waals surface area contributed by atoms with E-state index in [0.717, 1.165) is 35.4 Å². The lowest BCUT2D eigenvalue weighted by Gasteiger charge is -2.30. The van der Waals surface area contributed by atoms with Crippen LogP contribution in [0.3, 0.4) is 0 Å². The van der Waals surface area contributed by atoms with Gasteiger partial charge in [0.25, 0.3) is 0 Å². The number of ether oxygens (including phenoxy) is 1. The SMILES string of the molecule is O=C(NC[C@@H](NC(=O)[C@H]1CC[C@H](NS(=O)(=O)c2ccc(C(F)(F)F)cc2)CC1)c1ccccc1)OCc1ccccc1. The fourth-order valence-corrected chi connectivity index (χ4v) is 6.08. The first-order chi connectivity index (χ1) is 20.0. The van der Waals surface area contributed by atoms with Crippen LogP contribution in [0.4, 0.5) is 18.0 Å². The summed E-state index contributed by atoms with van der Waals surface area (Å²) in [5.41, 5.74) is 0.714. The van der Waals surface area contributed by atoms with E-state index in [4.69, 9.17) is 4.74 Å². The third-order valence-corrected chi connectivity index (χ3v) is 8.63. The Bertz CT molecular complexity index is 1430. The van der Waals surface area contributed by atoms with Crippen LogP contribution in [0.25, 0.3) is 0 Å². The van der Waals surface area contributed by atoms with Crippen molar-refractivity contribution in [1.82, 2.24) is 15.4 Å². The first kappa shape index (κ1) is 31.0. The number of alkyl halides is 3. The van der Waals surface area contributed by atoms with Gasteiger partial charge in [0.05, 0.1) is 16.5 Å². The largest absolute Gasteiger partial charge is 0.445 e. The Morgan fingerprint density at radius 3 is 2.05 bits per heavy atom. The summed E-state index contributed by atoms with van der Waals surface area (Å²) in [7, 11) is -4.02. The zero-order valence-electron chi connectivity index (χ0n) is 22.6. The average molecular weight is 604 g/mol. The summed E-state index contributed by atoms with van der Waals surface area (Å²) in [6.45, 7) is 0.215. The highest BCUT2D eigenvalue weighted by Crippen LogP contribution is 2.30. The molecule has 0 saturated heterocycles. The molecular weight excluding hydrogens is 571 g/mol. The van der Waals surface area contributed by atoms with Crippen LogP contribution in [0.15, 0.2) is 89.8 Å². The normalized spacial score (nSPS) is 18.1. The highest BCUT2D eigenvalue weighted by Gasteiger charge is 2.32. The number of benzene rings is 3. The Morgan fingerprint density at radius 2 is 1.45 bits per heavy atom. The van der Waals surface area contributed by atoms with Crippen LogP contribution >= 0.6 is 0 Å². The monoisotopic (exact) mass is 603 g/mol. The van der Waals surface area contributed by atoms with E-state index >= 15 is 0 Å². The van der Waals surface area contributed by atoms with Crippen LogP contribution in [-0.2, 0) is 32.3 Å². The van der Waals surface area contributed by atoms with Gasteiger partial charge in [0, 0.05) is 18.5 Å². The van der Waals surface area contributed by atoms with E-state index in [2.05, 4.69) is 15.4 Å². The molecule has 0 unspecified atom stereocenters. The predicted molar refractivity (Wildman–Crippen MR) is 149 cm³/mol. The topological polar surface area (TPSA) is 114 Å². The standard InChI is InChI=1S/C30H32F3N3O5S/c31-30(32,33)24-13-17-26(18-14-24)42(39,40)36-25-15-11-23(12-16-25)28(37)35-27(22-9-5-2-6-10-22)19-34-29(38)41-20-21-7-3-1-4-8-21/h1-10,13-14,17-18,23,25,27,36H,11-12,15-16,19-20H2,(H,34,38)(H,35,37)/t23-,25-,27-/m1/s1. The van der Waals surface area contributed by atoms with Crippen LogP contribution in [0, 0.1) is 5.92 Å². The first-order valence-corrected chi connectivity index (χ1v) is 15.0. The summed E-state index contributed by atoms with van der Waals surface area (Å²) >= 11 is 0. The van der Waals surface area contributed by atoms with Crippen molar-refractivity contribution in [3.05, 3.63) is 102 Å². The fourth-order valence-electron chi connectivity index (χ4n) is 4.77. The zero-order chi connectivity index (χ0) is 30.2. The number of rotatable bonds is 10. The van der Waals surface area contributed by atoms with E-state index in [-0.39, 0.29) is 29.9 Å². The molecule has 1 saturated carbocycles. The van der Waals surface area contributed by atoms with E-state index in [1.54, 1.807) is 0 Å². The Kier molecular flexibility index (Phi) is 10.2. The molecule has 0 spiro atoms. The van der Waals surface area contributed by atoms with Gasteiger partial charge in [-0.15, -0.1) is 0 Å². The zero-order valence-corrected chi connectivity index (χ0v) is 23.5. The number of carbonyl (C=O) groups is 2. The number of hydrogen-bond donors (Lipinski definition) is 3. The van der Waals surface area contributed by atoms with E-state index < -0.39 is 39.9 Å². The summed E-state index contributed by atoms with van der Waals surface area (Å²) in [5, 5.41) is 5.70. The van der Waals surface area contributed by atoms with Crippen LogP contribution in [-0.4, -0.2) is 33.0 Å². The van der Waals surface area contributed by atoms with E-state index in [0.29, 0.717) is 25.7 Å². The maximum atomic E-state index is 13.2. The van der Waals surface area contributed by atoms with Crippen LogP contribution in [0.5, 0.6) is 0 Å². The van der Waals surface area contributed by atoms with Crippen LogP contribution in [0.1, 0.15) is 48.4 Å². The first-order valence-electron chi connectivity index (χ1n) is 13.5. The molecule has 4 rings (SSSR count). The molecule has 0 aromatic heterocycles. The Labute approximate surface area is 242 Å². The second-order valence-corrected chi connectivity index (χ2v) is 11.8. The molecule has 2 amide bonds. The molecular formula is C30H32F3N3O5S. The number of hydrogen-bond acceptors (Lipinski definition) is 5. The second kappa shape index (κ2) is 13.8. The quantitative estimate of drug-likeness (QED) is 0.290. The molecule has 1 fully saturated rings. The lowest BCUT2D eigenvalue weighted by atomic mass is 9.85. The van der Waals surface area contributed by atoms with Gasteiger partial charge in [-0.25, -0.2) is 17.9 Å². The van der Waals surface area contributed by atoms with Crippen molar-refractivity contribution >= 4 is 22.0 Å². The molecule has 1 atom stereocenters. The van der Waals surface area contributed by atoms with Crippen molar-refractivity contribution in [3.8, 4) is 0 Å². The summed E-state index contributed by atoms with van der Waals surface area (Å²) < 4.78 is 71.7. The van der Waals surface area contributed by atoms with E-state index in [9.17, 15) is 31.2 Å². The maximum absolute atomic E-state index is 13.2. The molecule has 42 heavy (non-hydrogen) atoms. The van der Waals surface area contributed by atoms with Crippen molar-refractivity contribution in [2.24, 2.45) is 5.92 Å². The van der Waals surface area contributed by atoms with Crippen molar-refractivity contribution < 1.29 is 35.9 Å². The predicted octanol–water partition coefficient (Wildman–Crippen LogP) is 5.33. The third kappa shape index (κ3) is 8.80. The summed E-state index contributed by atoms with van der Waals surface area (Å²) in [5.74, 6) is -0.583. The lowest BCUT2D eigenvalue weighted by Crippen LogP contribution is -2.43. The number of sulfonamides is 1. The second-order valence-electron chi connectivity index (χ2n) is 10.1. The van der Waals surface area contributed by atoms with Gasteiger partial charge in [-0.1, -0.05) is 60.7 Å². The van der Waals surface area contributed by atoms with Crippen LogP contribution in [0.2, 0.25) is 0 Å². The van der Waals surface area contributed by atoms with E-state index in [1.807, 2.05) is 60.7 Å². The van der Waals surface area contributed by atoms with Crippen molar-refractivity contribution in [2.45, 2.75) is 55.4 Å². The highest BCUT2D eigenvalue weighted by molar-refractivity contribution is 7.89. The molecule has 0 bridgehead atoms. The van der Waals surface area contributed by atoms with Gasteiger partial charge in [0.1, 0.15) is 6.61 Å². The minimum atomic E-state index is -4.56. The summed E-state index contributed by atoms with van der Waals surface area (Å²) in [6.07, 6.45) is -3.57. The van der Waals surface area contributed by atoms with Gasteiger partial charge in [-0.3, -0.25) is 4.79 Å². The van der Waals surface area contributed by atoms with Gasteiger partial charge >= 0.3 is 12.3 Å². The fraction of sp³-hybridized carbons (Fsp3) is 0.333. The molecule has 3 aromatic carbocycles. The number of nitrogens with one attached hydrogen (secondary N) is 3. The number of amides is 2. The van der Waals surface area contributed by atoms with Gasteiger partial charge < -0.3 is 15.4 Å². The molecule has 3 N–H and O–H groups in total. The summed E-state index contributed by atoms with van der Waals surface area (Å²) in [4.78, 5) is 25.2. The highest BCUT2D eigenvalue weighted by atomic mass is 32.2. The average Bonchev–Trinajstić information content (AvgIpc) is 2.99. The van der Waals surface area contributed by atoms with Gasteiger partial charge in [0.15, 0.2) is 0 Å². The van der Waals surface area contributed by atoms with Gasteiger partial charge in [-0.05, 0) is 61.1 Å². The number of alkyl carbamates (subject to hydrolysis) is 1. The molecule has 8 nitrogen and oxygen atoms in total. The minimum absolute atomic E-state index is 0.103. The molecule has 0 radical (unpaired) electrons. The van der Waals surface area contributed by atoms with Crippen molar-refractivity contribution in [3.63, 3.8) is 0 Å². The van der Waals surface area contributed by atoms with Crippen LogP contribution < -0.4 is 15.4 Å². The third-order valence-electron chi connectivity index (χ3n) is 7.09. The summed E-state index contributed by atoms with van der Waals surface area (Å²) in [6, 6.07) is 20.8. The number of halogens is 3. The Hall–Kier alpha value is -3.90. The maximum Gasteiger partial charge on any atom is 0.416 e. The lowest BCUT2D eigenvalue weighted by molar-refractivity contribution is -0.137.